The van der Waals surface area contributed by atoms with E-state index in [0.29, 0.717) is 55.4 Å². The first-order valence-electron chi connectivity index (χ1n) is 8.60. The van der Waals surface area contributed by atoms with Crippen molar-refractivity contribution < 1.29 is 4.74 Å². The minimum absolute atomic E-state index is 0.366. The zero-order valence-electron chi connectivity index (χ0n) is 15.2. The average molecular weight is 441 g/mol. The lowest BCUT2D eigenvalue weighted by Crippen LogP contribution is -1.98. The normalized spacial score (nSPS) is 10.8. The van der Waals surface area contributed by atoms with Gasteiger partial charge in [-0.3, -0.25) is 0 Å². The molecule has 0 unspecified atom stereocenters. The van der Waals surface area contributed by atoms with Gasteiger partial charge in [0.1, 0.15) is 24.1 Å². The predicted molar refractivity (Wildman–Crippen MR) is 117 cm³/mol. The van der Waals surface area contributed by atoms with Crippen LogP contribution in [-0.2, 0) is 6.61 Å². The molecule has 2 aromatic heterocycles. The molecule has 4 rings (SSSR count). The Morgan fingerprint density at radius 2 is 1.93 bits per heavy atom. The molecular weight excluding hydrogens is 427 g/mol. The fraction of sp³-hybridized carbons (Fsp3) is 0.0952. The number of hydrogen-bond acceptors (Lipinski definition) is 5. The van der Waals surface area contributed by atoms with Gasteiger partial charge in [-0.15, -0.1) is 0 Å². The van der Waals surface area contributed by atoms with E-state index >= 15 is 0 Å². The van der Waals surface area contributed by atoms with E-state index in [0.717, 1.165) is 5.56 Å². The highest BCUT2D eigenvalue weighted by Crippen LogP contribution is 2.40. The predicted octanol–water partition coefficient (Wildman–Crippen LogP) is 6.10. The van der Waals surface area contributed by atoms with Crippen LogP contribution in [0.15, 0.2) is 53.8 Å². The SMILES string of the molecule is CSc1nc(-c2cc(OCc3ccccc3)c(Cl)cc2Cl)c2c(C#N)c[nH]c2n1. The van der Waals surface area contributed by atoms with Crippen LogP contribution in [0.5, 0.6) is 5.75 Å². The number of hydrogen-bond donors (Lipinski definition) is 1. The Bertz CT molecular complexity index is 1240. The van der Waals surface area contributed by atoms with Crippen LogP contribution >= 0.6 is 35.0 Å². The van der Waals surface area contributed by atoms with Crippen LogP contribution in [-0.4, -0.2) is 21.2 Å². The van der Waals surface area contributed by atoms with Crippen molar-refractivity contribution in [3.8, 4) is 23.1 Å². The molecule has 0 saturated carbocycles. The second-order valence-electron chi connectivity index (χ2n) is 6.13. The topological polar surface area (TPSA) is 74.6 Å². The van der Waals surface area contributed by atoms with E-state index < -0.39 is 0 Å². The summed E-state index contributed by atoms with van der Waals surface area (Å²) in [6.07, 6.45) is 3.50. The number of fused-ring (bicyclic) bond motifs is 1. The van der Waals surface area contributed by atoms with Crippen molar-refractivity contribution in [3.05, 3.63) is 69.8 Å². The number of benzene rings is 2. The molecule has 0 bridgehead atoms. The summed E-state index contributed by atoms with van der Waals surface area (Å²) in [5, 5.41) is 11.5. The van der Waals surface area contributed by atoms with E-state index in [9.17, 15) is 5.26 Å². The van der Waals surface area contributed by atoms with Gasteiger partial charge in [-0.25, -0.2) is 9.97 Å². The number of nitrogens with zero attached hydrogens (tertiary/aromatic N) is 3. The average Bonchev–Trinajstić information content (AvgIpc) is 3.16. The molecule has 0 fully saturated rings. The summed E-state index contributed by atoms with van der Waals surface area (Å²) in [5.74, 6) is 0.487. The lowest BCUT2D eigenvalue weighted by Gasteiger charge is -2.13. The molecule has 4 aromatic rings. The number of aromatic nitrogens is 3. The molecule has 1 N–H and O–H groups in total. The molecular formula is C21H14Cl2N4OS. The number of aromatic amines is 1. The smallest absolute Gasteiger partial charge is 0.189 e. The Labute approximate surface area is 181 Å². The Kier molecular flexibility index (Phi) is 5.63. The summed E-state index contributed by atoms with van der Waals surface area (Å²) in [5.41, 5.74) is 3.22. The highest BCUT2D eigenvalue weighted by Gasteiger charge is 2.19. The van der Waals surface area contributed by atoms with Gasteiger partial charge in [-0.1, -0.05) is 65.3 Å². The molecule has 0 radical (unpaired) electrons. The van der Waals surface area contributed by atoms with E-state index in [1.807, 2.05) is 36.6 Å². The van der Waals surface area contributed by atoms with Gasteiger partial charge in [0.15, 0.2) is 5.16 Å². The first kappa shape index (κ1) is 19.6. The molecule has 8 heteroatoms. The van der Waals surface area contributed by atoms with Crippen molar-refractivity contribution in [2.45, 2.75) is 11.8 Å². The van der Waals surface area contributed by atoms with Crippen LogP contribution in [0.3, 0.4) is 0 Å². The van der Waals surface area contributed by atoms with E-state index in [2.05, 4.69) is 21.0 Å². The largest absolute Gasteiger partial charge is 0.487 e. The Morgan fingerprint density at radius 1 is 1.14 bits per heavy atom. The molecule has 0 spiro atoms. The standard InChI is InChI=1S/C21H14Cl2N4OS/c1-29-21-26-19(18-13(9-24)10-25-20(18)27-21)14-7-17(16(23)8-15(14)22)28-11-12-5-3-2-4-6-12/h2-8,10H,11H2,1H3,(H,25,26,27). The lowest BCUT2D eigenvalue weighted by atomic mass is 10.1. The van der Waals surface area contributed by atoms with Crippen molar-refractivity contribution >= 4 is 46.0 Å². The van der Waals surface area contributed by atoms with Crippen molar-refractivity contribution in [2.24, 2.45) is 0 Å². The third-order valence-electron chi connectivity index (χ3n) is 4.33. The molecule has 2 aromatic carbocycles. The van der Waals surface area contributed by atoms with Crippen LogP contribution in [0.2, 0.25) is 10.0 Å². The van der Waals surface area contributed by atoms with Gasteiger partial charge in [0.25, 0.3) is 0 Å². The van der Waals surface area contributed by atoms with Gasteiger partial charge >= 0.3 is 0 Å². The van der Waals surface area contributed by atoms with E-state index in [1.165, 1.54) is 11.8 Å². The molecule has 0 aliphatic carbocycles. The first-order valence-corrected chi connectivity index (χ1v) is 10.6. The maximum atomic E-state index is 9.49. The molecule has 144 valence electrons. The lowest BCUT2D eigenvalue weighted by molar-refractivity contribution is 0.306. The van der Waals surface area contributed by atoms with Crippen molar-refractivity contribution in [3.63, 3.8) is 0 Å². The Balaban J connectivity index is 1.83. The second kappa shape index (κ2) is 8.34. The quantitative estimate of drug-likeness (QED) is 0.299. The van der Waals surface area contributed by atoms with Crippen LogP contribution in [0.25, 0.3) is 22.3 Å². The molecule has 2 heterocycles. The van der Waals surface area contributed by atoms with E-state index in [1.54, 1.807) is 18.3 Å². The number of halogens is 2. The molecule has 0 amide bonds. The maximum absolute atomic E-state index is 9.49. The zero-order valence-corrected chi connectivity index (χ0v) is 17.6. The maximum Gasteiger partial charge on any atom is 0.189 e. The van der Waals surface area contributed by atoms with Gasteiger partial charge in [-0.2, -0.15) is 5.26 Å². The minimum Gasteiger partial charge on any atom is -0.487 e. The number of nitrogens with one attached hydrogen (secondary N) is 1. The molecule has 0 aliphatic heterocycles. The third kappa shape index (κ3) is 3.90. The van der Waals surface area contributed by atoms with E-state index in [4.69, 9.17) is 27.9 Å². The third-order valence-corrected chi connectivity index (χ3v) is 5.48. The number of thioether (sulfide) groups is 1. The first-order chi connectivity index (χ1) is 14.1. The van der Waals surface area contributed by atoms with Crippen LogP contribution in [0, 0.1) is 11.3 Å². The van der Waals surface area contributed by atoms with Crippen LogP contribution in [0.4, 0.5) is 0 Å². The summed E-state index contributed by atoms with van der Waals surface area (Å²) >= 11 is 14.3. The van der Waals surface area contributed by atoms with Crippen molar-refractivity contribution in [2.75, 3.05) is 6.26 Å². The molecule has 0 aliphatic rings. The summed E-state index contributed by atoms with van der Waals surface area (Å²) in [7, 11) is 0. The summed E-state index contributed by atoms with van der Waals surface area (Å²) in [6.45, 7) is 0.366. The number of nitriles is 1. The van der Waals surface area contributed by atoms with Gasteiger partial charge in [0.2, 0.25) is 0 Å². The molecule has 0 saturated heterocycles. The fourth-order valence-electron chi connectivity index (χ4n) is 2.94. The highest BCUT2D eigenvalue weighted by molar-refractivity contribution is 7.98. The zero-order chi connectivity index (χ0) is 20.4. The fourth-order valence-corrected chi connectivity index (χ4v) is 3.84. The van der Waals surface area contributed by atoms with Gasteiger partial charge < -0.3 is 9.72 Å². The monoisotopic (exact) mass is 440 g/mol. The van der Waals surface area contributed by atoms with Crippen molar-refractivity contribution in [1.29, 1.82) is 5.26 Å². The van der Waals surface area contributed by atoms with Crippen LogP contribution < -0.4 is 4.74 Å². The highest BCUT2D eigenvalue weighted by atomic mass is 35.5. The molecule has 5 nitrogen and oxygen atoms in total. The van der Waals surface area contributed by atoms with Gasteiger partial charge in [0, 0.05) is 11.8 Å². The number of H-pyrrole nitrogens is 1. The van der Waals surface area contributed by atoms with Crippen LogP contribution in [0.1, 0.15) is 11.1 Å². The number of rotatable bonds is 5. The van der Waals surface area contributed by atoms with E-state index in [-0.39, 0.29) is 0 Å². The summed E-state index contributed by atoms with van der Waals surface area (Å²) < 4.78 is 5.93. The van der Waals surface area contributed by atoms with Gasteiger partial charge in [-0.05, 0) is 24.0 Å². The minimum atomic E-state index is 0.366. The summed E-state index contributed by atoms with van der Waals surface area (Å²) in [6, 6.07) is 15.4. The second-order valence-corrected chi connectivity index (χ2v) is 7.72. The van der Waals surface area contributed by atoms with Gasteiger partial charge in [0.05, 0.1) is 26.7 Å². The van der Waals surface area contributed by atoms with Crippen molar-refractivity contribution in [1.82, 2.24) is 15.0 Å². The molecule has 29 heavy (non-hydrogen) atoms. The summed E-state index contributed by atoms with van der Waals surface area (Å²) in [4.78, 5) is 12.1. The number of ether oxygens (including phenoxy) is 1. The molecule has 0 atom stereocenters. The Hall–Kier alpha value is -2.72. The Morgan fingerprint density at radius 3 is 2.66 bits per heavy atom.